The molecular formula is C13H10BrClFNO. The summed E-state index contributed by atoms with van der Waals surface area (Å²) in [6.07, 6.45) is 2.54. The monoisotopic (exact) mass is 329 g/mol. The molecule has 1 atom stereocenters. The van der Waals surface area contributed by atoms with Crippen molar-refractivity contribution < 1.29 is 9.50 Å². The van der Waals surface area contributed by atoms with Gasteiger partial charge in [-0.15, -0.1) is 0 Å². The molecule has 94 valence electrons. The van der Waals surface area contributed by atoms with Gasteiger partial charge in [0.15, 0.2) is 0 Å². The van der Waals surface area contributed by atoms with Crippen LogP contribution in [0.2, 0.25) is 5.02 Å². The van der Waals surface area contributed by atoms with Gasteiger partial charge in [0.25, 0.3) is 0 Å². The van der Waals surface area contributed by atoms with E-state index < -0.39 is 6.10 Å². The maximum absolute atomic E-state index is 13.2. The number of aromatic nitrogens is 1. The Kier molecular flexibility index (Phi) is 4.32. The van der Waals surface area contributed by atoms with Crippen LogP contribution in [0.5, 0.6) is 0 Å². The van der Waals surface area contributed by atoms with Crippen LogP contribution < -0.4 is 0 Å². The first kappa shape index (κ1) is 13.5. The van der Waals surface area contributed by atoms with Gasteiger partial charge in [-0.3, -0.25) is 4.98 Å². The topological polar surface area (TPSA) is 33.1 Å². The molecule has 0 aliphatic rings. The molecule has 0 saturated carbocycles. The minimum absolute atomic E-state index is 0.292. The smallest absolute Gasteiger partial charge is 0.124 e. The summed E-state index contributed by atoms with van der Waals surface area (Å²) in [4.78, 5) is 3.85. The molecule has 2 nitrogen and oxygen atoms in total. The van der Waals surface area contributed by atoms with E-state index in [9.17, 15) is 9.50 Å². The number of benzene rings is 1. The summed E-state index contributed by atoms with van der Waals surface area (Å²) in [6.45, 7) is 0. The van der Waals surface area contributed by atoms with Gasteiger partial charge in [-0.1, -0.05) is 27.5 Å². The Balaban J connectivity index is 2.21. The molecule has 0 saturated heterocycles. The molecule has 2 aromatic rings. The zero-order chi connectivity index (χ0) is 13.1. The summed E-state index contributed by atoms with van der Waals surface area (Å²) < 4.78 is 13.9. The highest BCUT2D eigenvalue weighted by Crippen LogP contribution is 2.26. The standard InChI is InChI=1S/C13H10BrClFNO/c14-9-3-8(4-10(16)6-9)5-13(18)11-1-2-17-7-12(11)15/h1-4,6-7,13,18H,5H2. The maximum Gasteiger partial charge on any atom is 0.124 e. The highest BCUT2D eigenvalue weighted by molar-refractivity contribution is 9.10. The van der Waals surface area contributed by atoms with Crippen molar-refractivity contribution in [1.82, 2.24) is 4.98 Å². The van der Waals surface area contributed by atoms with Crippen molar-refractivity contribution in [3.63, 3.8) is 0 Å². The number of pyridine rings is 1. The summed E-state index contributed by atoms with van der Waals surface area (Å²) >= 11 is 9.16. The molecule has 1 aromatic heterocycles. The van der Waals surface area contributed by atoms with Gasteiger partial charge in [-0.25, -0.2) is 4.39 Å². The fourth-order valence-electron chi connectivity index (χ4n) is 1.72. The highest BCUT2D eigenvalue weighted by Gasteiger charge is 2.13. The highest BCUT2D eigenvalue weighted by atomic mass is 79.9. The zero-order valence-corrected chi connectivity index (χ0v) is 11.6. The van der Waals surface area contributed by atoms with Crippen LogP contribution in [-0.2, 0) is 6.42 Å². The number of nitrogens with zero attached hydrogens (tertiary/aromatic N) is 1. The Morgan fingerprint density at radius 1 is 1.39 bits per heavy atom. The molecule has 0 aliphatic heterocycles. The Hall–Kier alpha value is -0.970. The molecule has 5 heteroatoms. The lowest BCUT2D eigenvalue weighted by Gasteiger charge is -2.12. The van der Waals surface area contributed by atoms with Gasteiger partial charge in [-0.2, -0.15) is 0 Å². The molecule has 1 unspecified atom stereocenters. The molecule has 2 rings (SSSR count). The van der Waals surface area contributed by atoms with Gasteiger partial charge < -0.3 is 5.11 Å². The molecule has 1 heterocycles. The van der Waals surface area contributed by atoms with Gasteiger partial charge in [0.2, 0.25) is 0 Å². The maximum atomic E-state index is 13.2. The number of halogens is 3. The number of rotatable bonds is 3. The molecule has 0 amide bonds. The lowest BCUT2D eigenvalue weighted by molar-refractivity contribution is 0.178. The van der Waals surface area contributed by atoms with Gasteiger partial charge in [0.05, 0.1) is 11.1 Å². The normalized spacial score (nSPS) is 12.4. The third kappa shape index (κ3) is 3.28. The fourth-order valence-corrected chi connectivity index (χ4v) is 2.48. The van der Waals surface area contributed by atoms with Crippen molar-refractivity contribution in [2.24, 2.45) is 0 Å². The molecule has 0 fully saturated rings. The molecule has 0 radical (unpaired) electrons. The van der Waals surface area contributed by atoms with E-state index in [0.717, 1.165) is 0 Å². The quantitative estimate of drug-likeness (QED) is 0.925. The van der Waals surface area contributed by atoms with Crippen molar-refractivity contribution >= 4 is 27.5 Å². The molecule has 1 aromatic carbocycles. The summed E-state index contributed by atoms with van der Waals surface area (Å²) in [6, 6.07) is 6.18. The van der Waals surface area contributed by atoms with Crippen molar-refractivity contribution in [3.8, 4) is 0 Å². The second-order valence-corrected chi connectivity index (χ2v) is 5.22. The van der Waals surface area contributed by atoms with E-state index in [-0.39, 0.29) is 5.82 Å². The van der Waals surface area contributed by atoms with Gasteiger partial charge in [0, 0.05) is 28.9 Å². The van der Waals surface area contributed by atoms with Crippen LogP contribution in [0, 0.1) is 5.82 Å². The van der Waals surface area contributed by atoms with Crippen LogP contribution in [-0.4, -0.2) is 10.1 Å². The average molecular weight is 331 g/mol. The second kappa shape index (κ2) is 5.78. The molecule has 1 N–H and O–H groups in total. The van der Waals surface area contributed by atoms with Gasteiger partial charge in [-0.05, 0) is 29.8 Å². The van der Waals surface area contributed by atoms with Crippen molar-refractivity contribution in [2.45, 2.75) is 12.5 Å². The van der Waals surface area contributed by atoms with Gasteiger partial charge in [0.1, 0.15) is 5.82 Å². The van der Waals surface area contributed by atoms with Crippen molar-refractivity contribution in [2.75, 3.05) is 0 Å². The minimum atomic E-state index is -0.783. The lowest BCUT2D eigenvalue weighted by Crippen LogP contribution is -2.03. The van der Waals surface area contributed by atoms with Crippen molar-refractivity contribution in [1.29, 1.82) is 0 Å². The predicted octanol–water partition coefficient (Wildman–Crippen LogP) is 3.91. The zero-order valence-electron chi connectivity index (χ0n) is 9.28. The van der Waals surface area contributed by atoms with E-state index in [4.69, 9.17) is 11.6 Å². The van der Waals surface area contributed by atoms with E-state index in [1.807, 2.05) is 0 Å². The Labute approximate surface area is 118 Å². The van der Waals surface area contributed by atoms with Crippen LogP contribution in [0.1, 0.15) is 17.2 Å². The summed E-state index contributed by atoms with van der Waals surface area (Å²) in [5, 5.41) is 10.5. The van der Waals surface area contributed by atoms with E-state index in [1.165, 1.54) is 18.3 Å². The molecule has 0 aliphatic carbocycles. The third-order valence-corrected chi connectivity index (χ3v) is 3.29. The van der Waals surface area contributed by atoms with Crippen LogP contribution in [0.15, 0.2) is 41.1 Å². The molecular weight excluding hydrogens is 321 g/mol. The summed E-state index contributed by atoms with van der Waals surface area (Å²) in [5.74, 6) is -0.340. The summed E-state index contributed by atoms with van der Waals surface area (Å²) in [7, 11) is 0. The molecule has 18 heavy (non-hydrogen) atoms. The van der Waals surface area contributed by atoms with Crippen LogP contribution in [0.3, 0.4) is 0 Å². The third-order valence-electron chi connectivity index (χ3n) is 2.51. The van der Waals surface area contributed by atoms with E-state index in [2.05, 4.69) is 20.9 Å². The first-order valence-electron chi connectivity index (χ1n) is 5.28. The van der Waals surface area contributed by atoms with E-state index >= 15 is 0 Å². The average Bonchev–Trinajstić information content (AvgIpc) is 2.27. The second-order valence-electron chi connectivity index (χ2n) is 3.89. The fraction of sp³-hybridized carbons (Fsp3) is 0.154. The van der Waals surface area contributed by atoms with Crippen LogP contribution in [0.25, 0.3) is 0 Å². The molecule has 0 bridgehead atoms. The largest absolute Gasteiger partial charge is 0.388 e. The minimum Gasteiger partial charge on any atom is -0.388 e. The van der Waals surface area contributed by atoms with Crippen molar-refractivity contribution in [3.05, 3.63) is 63.1 Å². The van der Waals surface area contributed by atoms with Crippen LogP contribution in [0.4, 0.5) is 4.39 Å². The van der Waals surface area contributed by atoms with Crippen LogP contribution >= 0.6 is 27.5 Å². The number of hydrogen-bond donors (Lipinski definition) is 1. The Morgan fingerprint density at radius 3 is 2.83 bits per heavy atom. The summed E-state index contributed by atoms with van der Waals surface area (Å²) in [5.41, 5.74) is 1.29. The lowest BCUT2D eigenvalue weighted by atomic mass is 10.0. The van der Waals surface area contributed by atoms with Gasteiger partial charge >= 0.3 is 0 Å². The SMILES string of the molecule is OC(Cc1cc(F)cc(Br)c1)c1ccncc1Cl. The number of hydrogen-bond acceptors (Lipinski definition) is 2. The Morgan fingerprint density at radius 2 is 2.17 bits per heavy atom. The van der Waals surface area contributed by atoms with E-state index in [1.54, 1.807) is 18.3 Å². The molecule has 0 spiro atoms. The number of aliphatic hydroxyl groups is 1. The Bertz CT molecular complexity index is 544. The number of aliphatic hydroxyl groups excluding tert-OH is 1. The predicted molar refractivity (Wildman–Crippen MR) is 72.0 cm³/mol. The van der Waals surface area contributed by atoms with E-state index in [0.29, 0.717) is 27.0 Å². The first-order chi connectivity index (χ1) is 8.56. The first-order valence-corrected chi connectivity index (χ1v) is 6.46.